The van der Waals surface area contributed by atoms with Crippen LogP contribution in [0.3, 0.4) is 0 Å². The van der Waals surface area contributed by atoms with Crippen LogP contribution >= 0.6 is 0 Å². The van der Waals surface area contributed by atoms with Crippen molar-refractivity contribution in [3.8, 4) is 11.5 Å². The number of carbonyl (C=O) groups is 3. The number of benzene rings is 3. The molecular weight excluding hydrogens is 468 g/mol. The van der Waals surface area contributed by atoms with E-state index in [0.29, 0.717) is 22.7 Å². The van der Waals surface area contributed by atoms with Gasteiger partial charge in [0.1, 0.15) is 11.5 Å². The van der Waals surface area contributed by atoms with Gasteiger partial charge in [-0.25, -0.2) is 4.79 Å². The molecule has 180 valence electrons. The fraction of sp³-hybridized carbons (Fsp3) is 0.0385. The Kier molecular flexibility index (Phi) is 7.16. The van der Waals surface area contributed by atoms with Gasteiger partial charge in [-0.1, -0.05) is 0 Å². The lowest BCUT2D eigenvalue weighted by molar-refractivity contribution is -0.384. The molecule has 4 rings (SSSR count). The predicted octanol–water partition coefficient (Wildman–Crippen LogP) is 5.27. The number of esters is 1. The molecule has 0 bridgehead atoms. The lowest BCUT2D eigenvalue weighted by Gasteiger charge is -2.08. The second kappa shape index (κ2) is 10.8. The van der Waals surface area contributed by atoms with Gasteiger partial charge in [-0.2, -0.15) is 0 Å². The molecule has 10 nitrogen and oxygen atoms in total. The number of nitro groups is 1. The smallest absolute Gasteiger partial charge is 0.338 e. The summed E-state index contributed by atoms with van der Waals surface area (Å²) in [5, 5.41) is 13.4. The average Bonchev–Trinajstić information content (AvgIpc) is 3.44. The summed E-state index contributed by atoms with van der Waals surface area (Å²) in [4.78, 5) is 46.9. The van der Waals surface area contributed by atoms with Crippen LogP contribution in [-0.4, -0.2) is 29.2 Å². The van der Waals surface area contributed by atoms with Crippen LogP contribution in [-0.2, 0) is 4.74 Å². The maximum Gasteiger partial charge on any atom is 0.338 e. The second-order valence-electron chi connectivity index (χ2n) is 7.39. The van der Waals surface area contributed by atoms with E-state index in [1.165, 1.54) is 73.0 Å². The number of ether oxygens (including phenoxy) is 2. The van der Waals surface area contributed by atoms with Gasteiger partial charge in [0.25, 0.3) is 11.6 Å². The number of furan rings is 1. The highest BCUT2D eigenvalue weighted by molar-refractivity contribution is 6.02. The Morgan fingerprint density at radius 3 is 2.03 bits per heavy atom. The second-order valence-corrected chi connectivity index (χ2v) is 7.39. The lowest BCUT2D eigenvalue weighted by atomic mass is 10.1. The van der Waals surface area contributed by atoms with Crippen LogP contribution in [0, 0.1) is 10.1 Å². The number of carbonyl (C=O) groups excluding carboxylic acids is 3. The number of hydrogen-bond acceptors (Lipinski definition) is 8. The third-order valence-electron chi connectivity index (χ3n) is 4.92. The van der Waals surface area contributed by atoms with Crippen LogP contribution in [0.2, 0.25) is 0 Å². The minimum Gasteiger partial charge on any atom is -0.459 e. The molecule has 1 N–H and O–H groups in total. The molecule has 10 heteroatoms. The van der Waals surface area contributed by atoms with E-state index in [9.17, 15) is 24.5 Å². The van der Waals surface area contributed by atoms with Gasteiger partial charge in [-0.05, 0) is 72.8 Å². The molecule has 0 fully saturated rings. The van der Waals surface area contributed by atoms with Crippen LogP contribution in [0.4, 0.5) is 11.4 Å². The fourth-order valence-corrected chi connectivity index (χ4v) is 3.07. The topological polar surface area (TPSA) is 138 Å². The van der Waals surface area contributed by atoms with Crippen LogP contribution < -0.4 is 10.1 Å². The number of Topliss-reactive ketones (excluding diaryl/α,β-unsaturated/α-hetero) is 1. The third kappa shape index (κ3) is 6.00. The van der Waals surface area contributed by atoms with E-state index in [-0.39, 0.29) is 17.0 Å². The Hall–Kier alpha value is -5.25. The van der Waals surface area contributed by atoms with Gasteiger partial charge in [-0.3, -0.25) is 19.7 Å². The first-order valence-electron chi connectivity index (χ1n) is 10.6. The van der Waals surface area contributed by atoms with Gasteiger partial charge in [0.2, 0.25) is 0 Å². The molecule has 1 heterocycles. The summed E-state index contributed by atoms with van der Waals surface area (Å²) in [5.74, 6) is -0.539. The summed E-state index contributed by atoms with van der Waals surface area (Å²) in [6.45, 7) is -0.460. The van der Waals surface area contributed by atoms with E-state index < -0.39 is 29.2 Å². The van der Waals surface area contributed by atoms with Crippen molar-refractivity contribution in [3.05, 3.63) is 118 Å². The number of nitro benzene ring substituents is 1. The van der Waals surface area contributed by atoms with Crippen molar-refractivity contribution >= 4 is 29.0 Å². The molecule has 0 radical (unpaired) electrons. The molecule has 36 heavy (non-hydrogen) atoms. The Labute approximate surface area is 204 Å². The van der Waals surface area contributed by atoms with E-state index in [1.807, 2.05) is 0 Å². The minimum absolute atomic E-state index is 0.0504. The van der Waals surface area contributed by atoms with Gasteiger partial charge >= 0.3 is 5.97 Å². The highest BCUT2D eigenvalue weighted by Crippen LogP contribution is 2.24. The number of rotatable bonds is 9. The van der Waals surface area contributed by atoms with Crippen molar-refractivity contribution in [1.82, 2.24) is 0 Å². The number of nitrogens with zero attached hydrogens (tertiary/aromatic N) is 1. The Bertz CT molecular complexity index is 1380. The fourth-order valence-electron chi connectivity index (χ4n) is 3.07. The number of hydrogen-bond donors (Lipinski definition) is 1. The molecule has 4 aromatic rings. The summed E-state index contributed by atoms with van der Waals surface area (Å²) in [5.41, 5.74) is 0.936. The standard InChI is InChI=1S/C26H18N2O8/c29-23(17-5-11-21(12-6-17)36-22-13-9-20(10-14-22)28(32)33)16-35-26(31)18-3-7-19(8-4-18)27-25(30)24-2-1-15-34-24/h1-15H,16H2,(H,27,30). The van der Waals surface area contributed by atoms with Gasteiger partial charge in [0.15, 0.2) is 18.2 Å². The van der Waals surface area contributed by atoms with Crippen LogP contribution in [0.15, 0.2) is 95.6 Å². The number of nitrogens with one attached hydrogen (secondary N) is 1. The van der Waals surface area contributed by atoms with Crippen LogP contribution in [0.1, 0.15) is 31.3 Å². The van der Waals surface area contributed by atoms with Gasteiger partial charge in [0, 0.05) is 23.4 Å². The Balaban J connectivity index is 1.27. The van der Waals surface area contributed by atoms with Gasteiger partial charge < -0.3 is 19.2 Å². The van der Waals surface area contributed by atoms with Crippen molar-refractivity contribution in [3.63, 3.8) is 0 Å². The van der Waals surface area contributed by atoms with Crippen LogP contribution in [0.5, 0.6) is 11.5 Å². The molecule has 0 atom stereocenters. The van der Waals surface area contributed by atoms with E-state index >= 15 is 0 Å². The Morgan fingerprint density at radius 1 is 0.833 bits per heavy atom. The number of non-ortho nitro benzene ring substituents is 1. The van der Waals surface area contributed by atoms with Crippen molar-refractivity contribution in [2.45, 2.75) is 0 Å². The van der Waals surface area contributed by atoms with Crippen molar-refractivity contribution < 1.29 is 33.2 Å². The zero-order valence-corrected chi connectivity index (χ0v) is 18.6. The van der Waals surface area contributed by atoms with E-state index in [1.54, 1.807) is 18.2 Å². The van der Waals surface area contributed by atoms with Crippen LogP contribution in [0.25, 0.3) is 0 Å². The quantitative estimate of drug-likeness (QED) is 0.146. The molecule has 0 unspecified atom stereocenters. The lowest BCUT2D eigenvalue weighted by Crippen LogP contribution is -2.14. The molecule has 0 spiro atoms. The SMILES string of the molecule is O=C(COC(=O)c1ccc(NC(=O)c2ccco2)cc1)c1ccc(Oc2ccc([N+](=O)[O-])cc2)cc1. The highest BCUT2D eigenvalue weighted by atomic mass is 16.6. The summed E-state index contributed by atoms with van der Waals surface area (Å²) in [6.07, 6.45) is 1.39. The maximum absolute atomic E-state index is 12.4. The van der Waals surface area contributed by atoms with Crippen molar-refractivity contribution in [1.29, 1.82) is 0 Å². The first kappa shape index (κ1) is 23.9. The molecule has 0 saturated carbocycles. The molecule has 0 saturated heterocycles. The van der Waals surface area contributed by atoms with Crippen molar-refractivity contribution in [2.75, 3.05) is 11.9 Å². The number of amides is 1. The zero-order valence-electron chi connectivity index (χ0n) is 18.6. The normalized spacial score (nSPS) is 10.3. The molecular formula is C26H18N2O8. The summed E-state index contributed by atoms with van der Waals surface area (Å²) < 4.78 is 15.7. The first-order chi connectivity index (χ1) is 17.4. The van der Waals surface area contributed by atoms with E-state index in [0.717, 1.165) is 0 Å². The molecule has 0 aliphatic rings. The predicted molar refractivity (Wildman–Crippen MR) is 127 cm³/mol. The highest BCUT2D eigenvalue weighted by Gasteiger charge is 2.14. The third-order valence-corrected chi connectivity index (χ3v) is 4.92. The maximum atomic E-state index is 12.4. The Morgan fingerprint density at radius 2 is 1.44 bits per heavy atom. The van der Waals surface area contributed by atoms with Gasteiger partial charge in [-0.15, -0.1) is 0 Å². The van der Waals surface area contributed by atoms with E-state index in [2.05, 4.69) is 5.32 Å². The first-order valence-corrected chi connectivity index (χ1v) is 10.6. The molecule has 0 aliphatic carbocycles. The number of ketones is 1. The largest absolute Gasteiger partial charge is 0.459 e. The van der Waals surface area contributed by atoms with Crippen molar-refractivity contribution in [2.24, 2.45) is 0 Å². The molecule has 3 aromatic carbocycles. The number of anilines is 1. The summed E-state index contributed by atoms with van der Waals surface area (Å²) >= 11 is 0. The molecule has 0 aliphatic heterocycles. The molecule has 1 amide bonds. The van der Waals surface area contributed by atoms with Gasteiger partial charge in [0.05, 0.1) is 16.7 Å². The summed E-state index contributed by atoms with van der Waals surface area (Å²) in [6, 6.07) is 20.9. The molecule has 1 aromatic heterocycles. The minimum atomic E-state index is -0.689. The monoisotopic (exact) mass is 486 g/mol. The van der Waals surface area contributed by atoms with E-state index in [4.69, 9.17) is 13.9 Å². The average molecular weight is 486 g/mol. The zero-order chi connectivity index (χ0) is 25.5. The summed E-state index contributed by atoms with van der Waals surface area (Å²) in [7, 11) is 0.